The number of nitrogens with zero attached hydrogens (tertiary/aromatic N) is 1. The Kier molecular flexibility index (Phi) is 7.08. The summed E-state index contributed by atoms with van der Waals surface area (Å²) in [5.74, 6) is 0. The first-order chi connectivity index (χ1) is 14.2. The summed E-state index contributed by atoms with van der Waals surface area (Å²) < 4.78 is 46.2. The number of hydrogen-bond donors (Lipinski definition) is 1. The highest BCUT2D eigenvalue weighted by molar-refractivity contribution is 9.10. The van der Waals surface area contributed by atoms with Gasteiger partial charge in [0.05, 0.1) is 17.9 Å². The Hall–Kier alpha value is -2.06. The van der Waals surface area contributed by atoms with Crippen molar-refractivity contribution in [3.63, 3.8) is 0 Å². The number of amides is 1. The average molecular weight is 485 g/mol. The molecule has 1 N–H and O–H groups in total. The van der Waals surface area contributed by atoms with Crippen LogP contribution in [0.2, 0.25) is 0 Å². The summed E-state index contributed by atoms with van der Waals surface area (Å²) in [4.78, 5) is 14.1. The third-order valence-corrected chi connectivity index (χ3v) is 5.73. The highest BCUT2D eigenvalue weighted by atomic mass is 79.9. The fourth-order valence-electron chi connectivity index (χ4n) is 3.80. The summed E-state index contributed by atoms with van der Waals surface area (Å²) in [7, 11) is 0. The van der Waals surface area contributed by atoms with Crippen molar-refractivity contribution >= 4 is 27.7 Å². The maximum absolute atomic E-state index is 13.4. The molecule has 162 valence electrons. The zero-order valence-corrected chi connectivity index (χ0v) is 18.4. The van der Waals surface area contributed by atoms with Gasteiger partial charge in [-0.15, -0.1) is 0 Å². The zero-order chi connectivity index (χ0) is 21.9. The lowest BCUT2D eigenvalue weighted by Gasteiger charge is -2.40. The van der Waals surface area contributed by atoms with Crippen molar-refractivity contribution in [3.05, 3.63) is 63.6 Å². The van der Waals surface area contributed by atoms with Gasteiger partial charge in [0.1, 0.15) is 0 Å². The molecular weight excluding hydrogens is 461 g/mol. The van der Waals surface area contributed by atoms with E-state index >= 15 is 0 Å². The molecule has 4 nitrogen and oxygen atoms in total. The molecule has 0 bridgehead atoms. The van der Waals surface area contributed by atoms with E-state index in [1.165, 1.54) is 11.0 Å². The van der Waals surface area contributed by atoms with Crippen molar-refractivity contribution in [3.8, 4) is 0 Å². The van der Waals surface area contributed by atoms with Crippen molar-refractivity contribution in [1.29, 1.82) is 0 Å². The highest BCUT2D eigenvalue weighted by Crippen LogP contribution is 2.42. The van der Waals surface area contributed by atoms with E-state index < -0.39 is 17.8 Å². The summed E-state index contributed by atoms with van der Waals surface area (Å²) in [5, 5.41) is 3.39. The number of alkyl halides is 3. The lowest BCUT2D eigenvalue weighted by Crippen LogP contribution is -2.47. The Bertz CT molecular complexity index is 904. The normalized spacial score (nSPS) is 18.8. The lowest BCUT2D eigenvalue weighted by molar-refractivity contribution is -0.137. The molecule has 2 atom stereocenters. The quantitative estimate of drug-likeness (QED) is 0.530. The number of fused-ring (bicyclic) bond motifs is 1. The molecule has 0 saturated carbocycles. The molecule has 30 heavy (non-hydrogen) atoms. The monoisotopic (exact) mass is 484 g/mol. The molecule has 0 aromatic heterocycles. The van der Waals surface area contributed by atoms with Crippen LogP contribution in [0.4, 0.5) is 23.7 Å². The van der Waals surface area contributed by atoms with E-state index in [-0.39, 0.29) is 18.7 Å². The van der Waals surface area contributed by atoms with Gasteiger partial charge in [-0.1, -0.05) is 35.0 Å². The van der Waals surface area contributed by atoms with E-state index in [0.717, 1.165) is 22.2 Å². The van der Waals surface area contributed by atoms with Crippen LogP contribution in [0.25, 0.3) is 0 Å². The first-order valence-corrected chi connectivity index (χ1v) is 10.7. The first-order valence-electron chi connectivity index (χ1n) is 9.89. The van der Waals surface area contributed by atoms with Crippen molar-refractivity contribution in [2.75, 3.05) is 11.5 Å². The molecule has 1 heterocycles. The number of halogens is 4. The van der Waals surface area contributed by atoms with Crippen LogP contribution in [0, 0.1) is 0 Å². The third kappa shape index (κ3) is 4.98. The van der Waals surface area contributed by atoms with Gasteiger partial charge in [0.15, 0.2) is 0 Å². The van der Waals surface area contributed by atoms with Crippen LogP contribution in [-0.4, -0.2) is 18.7 Å². The molecular formula is C22H24BrF3N2O2. The maximum atomic E-state index is 13.4. The molecule has 8 heteroatoms. The highest BCUT2D eigenvalue weighted by Gasteiger charge is 2.38. The fraction of sp³-hybridized carbons (Fsp3) is 0.409. The van der Waals surface area contributed by atoms with Crippen LogP contribution in [-0.2, 0) is 17.5 Å². The number of nitrogens with one attached hydrogen (secondary N) is 1. The predicted octanol–water partition coefficient (Wildman–Crippen LogP) is 6.44. The van der Waals surface area contributed by atoms with Gasteiger partial charge in [-0.2, -0.15) is 13.2 Å². The summed E-state index contributed by atoms with van der Waals surface area (Å²) >= 11 is 3.43. The SMILES string of the molecule is CCOC(=O)N1c2ccc(C(F)(F)F)cc2[C@@H](NCc2cccc(Br)c2)C[C@H]1CC. The van der Waals surface area contributed by atoms with Crippen LogP contribution < -0.4 is 10.2 Å². The molecule has 2 aromatic carbocycles. The number of ether oxygens (including phenoxy) is 1. The van der Waals surface area contributed by atoms with Gasteiger partial charge >= 0.3 is 12.3 Å². The van der Waals surface area contributed by atoms with Gasteiger partial charge in [-0.05, 0) is 61.2 Å². The largest absolute Gasteiger partial charge is 0.449 e. The van der Waals surface area contributed by atoms with Gasteiger partial charge in [0.25, 0.3) is 0 Å². The van der Waals surface area contributed by atoms with Crippen LogP contribution in [0.15, 0.2) is 46.9 Å². The lowest BCUT2D eigenvalue weighted by atomic mass is 9.88. The molecule has 0 saturated heterocycles. The van der Waals surface area contributed by atoms with E-state index in [4.69, 9.17) is 4.74 Å². The topological polar surface area (TPSA) is 41.6 Å². The molecule has 1 amide bonds. The summed E-state index contributed by atoms with van der Waals surface area (Å²) in [5.41, 5.74) is 1.21. The van der Waals surface area contributed by atoms with Gasteiger partial charge in [0.2, 0.25) is 0 Å². The number of carbonyl (C=O) groups excluding carboxylic acids is 1. The summed E-state index contributed by atoms with van der Waals surface area (Å²) in [6.07, 6.45) is -3.83. The van der Waals surface area contributed by atoms with Gasteiger partial charge in [0, 0.05) is 23.1 Å². The molecule has 0 aliphatic carbocycles. The molecule has 0 fully saturated rings. The minimum absolute atomic E-state index is 0.173. The van der Waals surface area contributed by atoms with E-state index in [9.17, 15) is 18.0 Å². The molecule has 0 spiro atoms. The Morgan fingerprint density at radius 3 is 2.63 bits per heavy atom. The van der Waals surface area contributed by atoms with E-state index in [1.54, 1.807) is 6.92 Å². The van der Waals surface area contributed by atoms with Crippen LogP contribution >= 0.6 is 15.9 Å². The second kappa shape index (κ2) is 9.39. The Labute approximate surface area is 182 Å². The van der Waals surface area contributed by atoms with E-state index in [2.05, 4.69) is 21.2 Å². The Morgan fingerprint density at radius 2 is 2.00 bits per heavy atom. The summed E-state index contributed by atoms with van der Waals surface area (Å²) in [6.45, 7) is 4.36. The predicted molar refractivity (Wildman–Crippen MR) is 113 cm³/mol. The number of carbonyl (C=O) groups is 1. The van der Waals surface area contributed by atoms with E-state index in [0.29, 0.717) is 30.6 Å². The minimum atomic E-state index is -4.46. The molecule has 0 unspecified atom stereocenters. The third-order valence-electron chi connectivity index (χ3n) is 5.24. The molecule has 1 aliphatic rings. The van der Waals surface area contributed by atoms with Crippen LogP contribution in [0.1, 0.15) is 49.4 Å². The second-order valence-electron chi connectivity index (χ2n) is 7.20. The van der Waals surface area contributed by atoms with Crippen LogP contribution in [0.5, 0.6) is 0 Å². The van der Waals surface area contributed by atoms with Crippen molar-refractivity contribution in [2.45, 2.75) is 51.5 Å². The Morgan fingerprint density at radius 1 is 1.23 bits per heavy atom. The smallest absolute Gasteiger partial charge is 0.416 e. The second-order valence-corrected chi connectivity index (χ2v) is 8.12. The fourth-order valence-corrected chi connectivity index (χ4v) is 4.25. The maximum Gasteiger partial charge on any atom is 0.416 e. The van der Waals surface area contributed by atoms with Crippen molar-refractivity contribution in [1.82, 2.24) is 5.32 Å². The Balaban J connectivity index is 1.98. The standard InChI is InChI=1S/C22H24BrF3N2O2/c1-3-17-12-19(27-13-14-6-5-7-16(23)10-14)18-11-15(22(24,25)26)8-9-20(18)28(17)21(29)30-4-2/h5-11,17,19,27H,3-4,12-13H2,1-2H3/t17-,19+/m1/s1. The molecule has 0 radical (unpaired) electrons. The van der Waals surface area contributed by atoms with Gasteiger partial charge in [-0.3, -0.25) is 4.90 Å². The zero-order valence-electron chi connectivity index (χ0n) is 16.8. The minimum Gasteiger partial charge on any atom is -0.449 e. The van der Waals surface area contributed by atoms with Crippen molar-refractivity contribution < 1.29 is 22.7 Å². The van der Waals surface area contributed by atoms with Crippen LogP contribution in [0.3, 0.4) is 0 Å². The summed E-state index contributed by atoms with van der Waals surface area (Å²) in [6, 6.07) is 10.8. The number of rotatable bonds is 5. The average Bonchev–Trinajstić information content (AvgIpc) is 2.70. The number of anilines is 1. The van der Waals surface area contributed by atoms with Crippen molar-refractivity contribution in [2.24, 2.45) is 0 Å². The molecule has 3 rings (SSSR count). The van der Waals surface area contributed by atoms with E-state index in [1.807, 2.05) is 31.2 Å². The molecule has 1 aliphatic heterocycles. The first kappa shape index (κ1) is 22.6. The number of hydrogen-bond acceptors (Lipinski definition) is 3. The van der Waals surface area contributed by atoms with Gasteiger partial charge in [-0.25, -0.2) is 4.79 Å². The molecule has 2 aromatic rings. The van der Waals surface area contributed by atoms with Gasteiger partial charge < -0.3 is 10.1 Å². The number of benzene rings is 2.